The van der Waals surface area contributed by atoms with Gasteiger partial charge in [0.25, 0.3) is 0 Å². The molecular weight excluding hydrogens is 266 g/mol. The second kappa shape index (κ2) is 7.00. The molecule has 1 unspecified atom stereocenters. The Morgan fingerprint density at radius 2 is 2.00 bits per heavy atom. The van der Waals surface area contributed by atoms with Gasteiger partial charge in [0, 0.05) is 6.04 Å². The zero-order valence-corrected chi connectivity index (χ0v) is 13.7. The van der Waals surface area contributed by atoms with Crippen LogP contribution in [0, 0.1) is 0 Å². The van der Waals surface area contributed by atoms with Crippen molar-refractivity contribution in [2.24, 2.45) is 0 Å². The van der Waals surface area contributed by atoms with Gasteiger partial charge in [-0.3, -0.25) is 0 Å². The highest BCUT2D eigenvalue weighted by atomic mass is 32.2. The van der Waals surface area contributed by atoms with Crippen molar-refractivity contribution in [3.63, 3.8) is 0 Å². The molecule has 0 aliphatic carbocycles. The Balaban J connectivity index is 3.12. The van der Waals surface area contributed by atoms with Crippen LogP contribution in [-0.4, -0.2) is 8.96 Å². The third kappa shape index (κ3) is 4.43. The number of benzene rings is 1. The lowest BCUT2D eigenvalue weighted by Gasteiger charge is -2.25. The van der Waals surface area contributed by atoms with E-state index in [9.17, 15) is 4.21 Å². The molecule has 1 aromatic carbocycles. The van der Waals surface area contributed by atoms with Gasteiger partial charge in [0.1, 0.15) is 0 Å². The highest BCUT2D eigenvalue weighted by molar-refractivity contribution is 7.84. The molecule has 20 heavy (non-hydrogen) atoms. The predicted molar refractivity (Wildman–Crippen MR) is 89.7 cm³/mol. The molecule has 0 saturated heterocycles. The molecular formula is C17H25NOS. The van der Waals surface area contributed by atoms with Crippen LogP contribution < -0.4 is 4.72 Å². The minimum atomic E-state index is -1.12. The highest BCUT2D eigenvalue weighted by Crippen LogP contribution is 2.27. The van der Waals surface area contributed by atoms with E-state index < -0.39 is 11.0 Å². The Hall–Kier alpha value is -1.19. The summed E-state index contributed by atoms with van der Waals surface area (Å²) < 4.78 is 15.3. The Morgan fingerprint density at radius 3 is 2.50 bits per heavy atom. The molecule has 0 amide bonds. The first kappa shape index (κ1) is 16.9. The largest absolute Gasteiger partial charge is 0.242 e. The van der Waals surface area contributed by atoms with E-state index in [1.807, 2.05) is 45.9 Å². The van der Waals surface area contributed by atoms with Crippen LogP contribution in [0.2, 0.25) is 0 Å². The Kier molecular flexibility index (Phi) is 5.90. The molecule has 0 bridgehead atoms. The predicted octanol–water partition coefficient (Wildman–Crippen LogP) is 4.39. The second-order valence-corrected chi connectivity index (χ2v) is 7.94. The fourth-order valence-electron chi connectivity index (χ4n) is 1.90. The van der Waals surface area contributed by atoms with Crippen molar-refractivity contribution in [2.75, 3.05) is 0 Å². The van der Waals surface area contributed by atoms with Gasteiger partial charge in [0.2, 0.25) is 0 Å². The van der Waals surface area contributed by atoms with Crippen molar-refractivity contribution in [1.82, 2.24) is 4.72 Å². The van der Waals surface area contributed by atoms with Crippen molar-refractivity contribution in [1.29, 1.82) is 0 Å². The van der Waals surface area contributed by atoms with Gasteiger partial charge in [0.05, 0.1) is 15.7 Å². The molecule has 0 radical (unpaired) electrons. The van der Waals surface area contributed by atoms with Crippen molar-refractivity contribution >= 4 is 16.6 Å². The maximum absolute atomic E-state index is 12.3. The maximum atomic E-state index is 12.3. The molecule has 0 saturated carbocycles. The first-order chi connectivity index (χ1) is 9.27. The normalized spacial score (nSPS) is 14.6. The van der Waals surface area contributed by atoms with Crippen LogP contribution in [-0.2, 0) is 11.0 Å². The summed E-state index contributed by atoms with van der Waals surface area (Å²) in [5.74, 6) is 0. The van der Waals surface area contributed by atoms with E-state index in [1.54, 1.807) is 0 Å². The van der Waals surface area contributed by atoms with Gasteiger partial charge in [-0.05, 0) is 45.2 Å². The zero-order valence-electron chi connectivity index (χ0n) is 12.9. The van der Waals surface area contributed by atoms with Gasteiger partial charge in [-0.1, -0.05) is 42.5 Å². The monoisotopic (exact) mass is 291 g/mol. The van der Waals surface area contributed by atoms with Crippen LogP contribution in [0.4, 0.5) is 0 Å². The number of rotatable bonds is 6. The molecule has 3 heteroatoms. The summed E-state index contributed by atoms with van der Waals surface area (Å²) in [4.78, 5) is 0. The van der Waals surface area contributed by atoms with E-state index in [2.05, 4.69) is 30.0 Å². The van der Waals surface area contributed by atoms with Crippen LogP contribution in [0.3, 0.4) is 0 Å². The van der Waals surface area contributed by atoms with Gasteiger partial charge in [-0.15, -0.1) is 6.58 Å². The van der Waals surface area contributed by atoms with Crippen LogP contribution >= 0.6 is 0 Å². The second-order valence-electron chi connectivity index (χ2n) is 5.94. The Bertz CT molecular complexity index is 514. The lowest BCUT2D eigenvalue weighted by molar-refractivity contribution is 0.601. The van der Waals surface area contributed by atoms with Gasteiger partial charge in [-0.2, -0.15) is 0 Å². The lowest BCUT2D eigenvalue weighted by atomic mass is 9.95. The molecule has 0 aromatic heterocycles. The molecule has 0 heterocycles. The van der Waals surface area contributed by atoms with Crippen molar-refractivity contribution in [2.45, 2.75) is 44.9 Å². The van der Waals surface area contributed by atoms with Crippen LogP contribution in [0.5, 0.6) is 0 Å². The molecule has 2 atom stereocenters. The zero-order chi connectivity index (χ0) is 15.3. The average Bonchev–Trinajstić information content (AvgIpc) is 2.37. The number of hydrogen-bond donors (Lipinski definition) is 1. The van der Waals surface area contributed by atoms with E-state index in [4.69, 9.17) is 0 Å². The Morgan fingerprint density at radius 1 is 1.40 bits per heavy atom. The van der Waals surface area contributed by atoms with E-state index in [1.165, 1.54) is 0 Å². The summed E-state index contributed by atoms with van der Waals surface area (Å²) in [5, 5.41) is 0. The van der Waals surface area contributed by atoms with Crippen molar-refractivity contribution < 1.29 is 4.21 Å². The molecule has 1 rings (SSSR count). The summed E-state index contributed by atoms with van der Waals surface area (Å²) >= 11 is 0. The third-order valence-electron chi connectivity index (χ3n) is 3.00. The van der Waals surface area contributed by atoms with Crippen molar-refractivity contribution in [3.8, 4) is 0 Å². The smallest absolute Gasteiger partial charge is 0.0976 e. The molecule has 0 spiro atoms. The standard InChI is InChI=1S/C17H25NOS/c1-7-10-16(18-20(19)17(4,5)6)15-12-9-8-11-14(15)13(2)3/h7-9,11-12,16,18H,1-2,10H2,3-6H3/t16-,20?/m0/s1. The summed E-state index contributed by atoms with van der Waals surface area (Å²) in [6.45, 7) is 15.7. The maximum Gasteiger partial charge on any atom is 0.0976 e. The molecule has 110 valence electrons. The molecule has 1 N–H and O–H groups in total. The molecule has 0 aliphatic heterocycles. The number of allylic oxidation sites excluding steroid dienone is 1. The summed E-state index contributed by atoms with van der Waals surface area (Å²) in [7, 11) is -1.12. The summed E-state index contributed by atoms with van der Waals surface area (Å²) in [6.07, 6.45) is 2.58. The molecule has 2 nitrogen and oxygen atoms in total. The Labute approximate surface area is 125 Å². The van der Waals surface area contributed by atoms with Crippen LogP contribution in [0.15, 0.2) is 43.5 Å². The first-order valence-corrected chi connectivity index (χ1v) is 7.96. The van der Waals surface area contributed by atoms with E-state index in [0.717, 1.165) is 23.1 Å². The van der Waals surface area contributed by atoms with E-state index in [0.29, 0.717) is 0 Å². The summed E-state index contributed by atoms with van der Waals surface area (Å²) in [6, 6.07) is 8.10. The lowest BCUT2D eigenvalue weighted by Crippen LogP contribution is -2.35. The van der Waals surface area contributed by atoms with E-state index >= 15 is 0 Å². The number of hydrogen-bond acceptors (Lipinski definition) is 1. The van der Waals surface area contributed by atoms with Crippen LogP contribution in [0.25, 0.3) is 5.57 Å². The van der Waals surface area contributed by atoms with Crippen LogP contribution in [0.1, 0.15) is 51.3 Å². The topological polar surface area (TPSA) is 29.1 Å². The minimum absolute atomic E-state index is 0.0135. The minimum Gasteiger partial charge on any atom is -0.242 e. The fourth-order valence-corrected chi connectivity index (χ4v) is 2.74. The van der Waals surface area contributed by atoms with Gasteiger partial charge in [-0.25, -0.2) is 8.93 Å². The number of nitrogens with one attached hydrogen (secondary N) is 1. The molecule has 0 aliphatic rings. The summed E-state index contributed by atoms with van der Waals surface area (Å²) in [5.41, 5.74) is 3.24. The third-order valence-corrected chi connectivity index (χ3v) is 4.61. The molecule has 0 fully saturated rings. The van der Waals surface area contributed by atoms with Crippen molar-refractivity contribution in [3.05, 3.63) is 54.6 Å². The molecule has 1 aromatic rings. The quantitative estimate of drug-likeness (QED) is 0.774. The van der Waals surface area contributed by atoms with Gasteiger partial charge in [0.15, 0.2) is 0 Å². The fraction of sp³-hybridized carbons (Fsp3) is 0.412. The first-order valence-electron chi connectivity index (χ1n) is 6.81. The SMILES string of the molecule is C=CC[C@H](NS(=O)C(C)(C)C)c1ccccc1C(=C)C. The highest BCUT2D eigenvalue weighted by Gasteiger charge is 2.24. The van der Waals surface area contributed by atoms with E-state index in [-0.39, 0.29) is 10.8 Å². The average molecular weight is 291 g/mol. The van der Waals surface area contributed by atoms with Gasteiger partial charge < -0.3 is 0 Å². The van der Waals surface area contributed by atoms with Gasteiger partial charge >= 0.3 is 0 Å².